The Balaban J connectivity index is 1.43. The summed E-state index contributed by atoms with van der Waals surface area (Å²) in [5, 5.41) is 9.79. The highest BCUT2D eigenvalue weighted by molar-refractivity contribution is 5.80. The lowest BCUT2D eigenvalue weighted by Crippen LogP contribution is -2.39. The monoisotopic (exact) mass is 225 g/mol. The molecular formula is C12H23N3O. The molecule has 1 aliphatic carbocycles. The first-order chi connectivity index (χ1) is 7.86. The first-order valence-corrected chi connectivity index (χ1v) is 6.55. The SMILES string of the molecule is O=C(NCCNCC1CCCNC1)C1CC1. The molecule has 2 fully saturated rings. The normalized spacial score (nSPS) is 25.4. The highest BCUT2D eigenvalue weighted by atomic mass is 16.2. The third-order valence-corrected chi connectivity index (χ3v) is 3.38. The molecule has 92 valence electrons. The number of hydrogen-bond donors (Lipinski definition) is 3. The van der Waals surface area contributed by atoms with Crippen molar-refractivity contribution in [1.82, 2.24) is 16.0 Å². The van der Waals surface area contributed by atoms with Gasteiger partial charge in [0, 0.05) is 19.0 Å². The zero-order valence-corrected chi connectivity index (χ0v) is 9.93. The molecular weight excluding hydrogens is 202 g/mol. The topological polar surface area (TPSA) is 53.2 Å². The maximum absolute atomic E-state index is 11.3. The van der Waals surface area contributed by atoms with E-state index < -0.39 is 0 Å². The van der Waals surface area contributed by atoms with Crippen LogP contribution in [0.4, 0.5) is 0 Å². The Labute approximate surface area is 97.6 Å². The molecule has 16 heavy (non-hydrogen) atoms. The number of rotatable bonds is 6. The highest BCUT2D eigenvalue weighted by Crippen LogP contribution is 2.28. The van der Waals surface area contributed by atoms with Crippen LogP contribution in [0.15, 0.2) is 0 Å². The van der Waals surface area contributed by atoms with Gasteiger partial charge in [0.1, 0.15) is 0 Å². The van der Waals surface area contributed by atoms with E-state index >= 15 is 0 Å². The maximum Gasteiger partial charge on any atom is 0.223 e. The van der Waals surface area contributed by atoms with Crippen molar-refractivity contribution in [2.24, 2.45) is 11.8 Å². The van der Waals surface area contributed by atoms with Crippen molar-refractivity contribution in [3.63, 3.8) is 0 Å². The van der Waals surface area contributed by atoms with Crippen LogP contribution in [0.25, 0.3) is 0 Å². The van der Waals surface area contributed by atoms with Gasteiger partial charge < -0.3 is 16.0 Å². The zero-order valence-electron chi connectivity index (χ0n) is 9.93. The summed E-state index contributed by atoms with van der Waals surface area (Å²) in [4.78, 5) is 11.3. The van der Waals surface area contributed by atoms with Gasteiger partial charge in [-0.15, -0.1) is 0 Å². The minimum absolute atomic E-state index is 0.251. The summed E-state index contributed by atoms with van der Waals surface area (Å²) in [5.74, 6) is 1.36. The van der Waals surface area contributed by atoms with Crippen LogP contribution in [0.5, 0.6) is 0 Å². The second-order valence-electron chi connectivity index (χ2n) is 4.98. The van der Waals surface area contributed by atoms with Crippen molar-refractivity contribution >= 4 is 5.91 Å². The second kappa shape index (κ2) is 6.21. The molecule has 0 bridgehead atoms. The first-order valence-electron chi connectivity index (χ1n) is 6.55. The number of hydrogen-bond acceptors (Lipinski definition) is 3. The van der Waals surface area contributed by atoms with Crippen LogP contribution in [0.2, 0.25) is 0 Å². The Morgan fingerprint density at radius 2 is 2.12 bits per heavy atom. The molecule has 1 amide bonds. The number of carbonyl (C=O) groups is 1. The lowest BCUT2D eigenvalue weighted by molar-refractivity contribution is -0.122. The molecule has 2 aliphatic rings. The van der Waals surface area contributed by atoms with Gasteiger partial charge in [-0.05, 0) is 51.2 Å². The van der Waals surface area contributed by atoms with Gasteiger partial charge in [-0.1, -0.05) is 0 Å². The molecule has 0 aromatic rings. The Bertz CT molecular complexity index is 222. The lowest BCUT2D eigenvalue weighted by Gasteiger charge is -2.22. The van der Waals surface area contributed by atoms with Crippen LogP contribution in [0.1, 0.15) is 25.7 Å². The van der Waals surface area contributed by atoms with E-state index in [1.165, 1.54) is 19.4 Å². The largest absolute Gasteiger partial charge is 0.355 e. The highest BCUT2D eigenvalue weighted by Gasteiger charge is 2.28. The molecule has 4 heteroatoms. The predicted molar refractivity (Wildman–Crippen MR) is 64.2 cm³/mol. The van der Waals surface area contributed by atoms with E-state index in [9.17, 15) is 4.79 Å². The Morgan fingerprint density at radius 1 is 1.25 bits per heavy atom. The van der Waals surface area contributed by atoms with Crippen LogP contribution in [0.3, 0.4) is 0 Å². The van der Waals surface area contributed by atoms with Crippen LogP contribution in [0, 0.1) is 11.8 Å². The average Bonchev–Trinajstić information content (AvgIpc) is 3.13. The predicted octanol–water partition coefficient (Wildman–Crippen LogP) is 0.102. The van der Waals surface area contributed by atoms with Gasteiger partial charge in [0.25, 0.3) is 0 Å². The fraction of sp³-hybridized carbons (Fsp3) is 0.917. The molecule has 1 saturated carbocycles. The van der Waals surface area contributed by atoms with Crippen molar-refractivity contribution in [3.05, 3.63) is 0 Å². The molecule has 1 unspecified atom stereocenters. The molecule has 1 heterocycles. The third kappa shape index (κ3) is 4.10. The zero-order chi connectivity index (χ0) is 11.2. The van der Waals surface area contributed by atoms with E-state index in [2.05, 4.69) is 16.0 Å². The fourth-order valence-corrected chi connectivity index (χ4v) is 2.17. The molecule has 1 aliphatic heterocycles. The average molecular weight is 225 g/mol. The molecule has 0 radical (unpaired) electrons. The first kappa shape index (κ1) is 11.9. The molecule has 3 N–H and O–H groups in total. The number of nitrogens with one attached hydrogen (secondary N) is 3. The molecule has 2 rings (SSSR count). The van der Waals surface area contributed by atoms with Gasteiger partial charge in [-0.3, -0.25) is 4.79 Å². The smallest absolute Gasteiger partial charge is 0.223 e. The van der Waals surface area contributed by atoms with E-state index in [-0.39, 0.29) is 5.91 Å². The van der Waals surface area contributed by atoms with Crippen LogP contribution in [-0.4, -0.2) is 38.6 Å². The standard InChI is InChI=1S/C12H23N3O/c16-12(11-3-4-11)15-7-6-14-9-10-2-1-5-13-8-10/h10-11,13-14H,1-9H2,(H,15,16). The van der Waals surface area contributed by atoms with Crippen molar-refractivity contribution in [1.29, 1.82) is 0 Å². The number of carbonyl (C=O) groups excluding carboxylic acids is 1. The summed E-state index contributed by atoms with van der Waals surface area (Å²) < 4.78 is 0. The van der Waals surface area contributed by atoms with Crippen molar-refractivity contribution in [3.8, 4) is 0 Å². The molecule has 0 spiro atoms. The molecule has 1 saturated heterocycles. The van der Waals surface area contributed by atoms with Crippen molar-refractivity contribution < 1.29 is 4.79 Å². The second-order valence-corrected chi connectivity index (χ2v) is 4.98. The van der Waals surface area contributed by atoms with Gasteiger partial charge in [0.2, 0.25) is 5.91 Å². The number of amides is 1. The van der Waals surface area contributed by atoms with Crippen LogP contribution >= 0.6 is 0 Å². The number of piperidine rings is 1. The Morgan fingerprint density at radius 3 is 2.81 bits per heavy atom. The van der Waals surface area contributed by atoms with E-state index in [0.717, 1.165) is 44.9 Å². The van der Waals surface area contributed by atoms with Gasteiger partial charge >= 0.3 is 0 Å². The molecule has 1 atom stereocenters. The third-order valence-electron chi connectivity index (χ3n) is 3.38. The molecule has 0 aromatic heterocycles. The van der Waals surface area contributed by atoms with E-state index in [1.807, 2.05) is 0 Å². The fourth-order valence-electron chi connectivity index (χ4n) is 2.17. The van der Waals surface area contributed by atoms with Gasteiger partial charge in [0.15, 0.2) is 0 Å². The van der Waals surface area contributed by atoms with Crippen LogP contribution in [-0.2, 0) is 4.79 Å². The van der Waals surface area contributed by atoms with E-state index in [1.54, 1.807) is 0 Å². The summed E-state index contributed by atoms with van der Waals surface area (Å²) in [7, 11) is 0. The van der Waals surface area contributed by atoms with Crippen LogP contribution < -0.4 is 16.0 Å². The summed E-state index contributed by atoms with van der Waals surface area (Å²) in [6, 6.07) is 0. The maximum atomic E-state index is 11.3. The van der Waals surface area contributed by atoms with E-state index in [4.69, 9.17) is 0 Å². The quantitative estimate of drug-likeness (QED) is 0.562. The Hall–Kier alpha value is -0.610. The summed E-state index contributed by atoms with van der Waals surface area (Å²) in [5.41, 5.74) is 0. The molecule has 4 nitrogen and oxygen atoms in total. The van der Waals surface area contributed by atoms with Gasteiger partial charge in [-0.25, -0.2) is 0 Å². The summed E-state index contributed by atoms with van der Waals surface area (Å²) in [6.07, 6.45) is 4.80. The van der Waals surface area contributed by atoms with E-state index in [0.29, 0.717) is 5.92 Å². The summed E-state index contributed by atoms with van der Waals surface area (Å²) in [6.45, 7) is 5.06. The van der Waals surface area contributed by atoms with Gasteiger partial charge in [0.05, 0.1) is 0 Å². The van der Waals surface area contributed by atoms with Crippen molar-refractivity contribution in [2.75, 3.05) is 32.7 Å². The Kier molecular flexibility index (Phi) is 4.60. The lowest BCUT2D eigenvalue weighted by atomic mass is 10.00. The minimum Gasteiger partial charge on any atom is -0.355 e. The minimum atomic E-state index is 0.251. The van der Waals surface area contributed by atoms with Crippen molar-refractivity contribution in [2.45, 2.75) is 25.7 Å². The van der Waals surface area contributed by atoms with Gasteiger partial charge in [-0.2, -0.15) is 0 Å². The molecule has 0 aromatic carbocycles. The summed E-state index contributed by atoms with van der Waals surface area (Å²) >= 11 is 0.